The van der Waals surface area contributed by atoms with E-state index in [1.807, 2.05) is 32.0 Å². The monoisotopic (exact) mass is 265 g/mol. The van der Waals surface area contributed by atoms with E-state index in [2.05, 4.69) is 31.2 Å². The number of nitrogens with one attached hydrogen (secondary N) is 1. The first kappa shape index (κ1) is 15.6. The molecule has 0 spiro atoms. The molecule has 19 heavy (non-hydrogen) atoms. The quantitative estimate of drug-likeness (QED) is 0.744. The number of rotatable bonds is 7. The standard InChI is InChI=1S/C15H27N3O/c1-11(2)19-15-10-13(6-7-14(15)16)17-12(3)8-9-18(4)5/h6-7,10-12,17H,8-9,16H2,1-5H3. The Morgan fingerprint density at radius 2 is 1.95 bits per heavy atom. The molecule has 0 bridgehead atoms. The molecule has 108 valence electrons. The number of nitrogens with zero attached hydrogens (tertiary/aromatic N) is 1. The zero-order valence-electron chi connectivity index (χ0n) is 12.7. The van der Waals surface area contributed by atoms with Gasteiger partial charge in [-0.3, -0.25) is 0 Å². The average Bonchev–Trinajstić information content (AvgIpc) is 2.30. The highest BCUT2D eigenvalue weighted by Gasteiger charge is 2.07. The third kappa shape index (κ3) is 5.83. The molecule has 1 aromatic carbocycles. The summed E-state index contributed by atoms with van der Waals surface area (Å²) in [6, 6.07) is 6.27. The second kappa shape index (κ2) is 7.24. The molecule has 1 unspecified atom stereocenters. The van der Waals surface area contributed by atoms with Gasteiger partial charge >= 0.3 is 0 Å². The van der Waals surface area contributed by atoms with Crippen molar-refractivity contribution in [3.8, 4) is 5.75 Å². The largest absolute Gasteiger partial charge is 0.489 e. The van der Waals surface area contributed by atoms with Crippen molar-refractivity contribution in [2.75, 3.05) is 31.7 Å². The lowest BCUT2D eigenvalue weighted by Crippen LogP contribution is -2.23. The van der Waals surface area contributed by atoms with E-state index in [1.165, 1.54) is 0 Å². The van der Waals surface area contributed by atoms with E-state index in [0.29, 0.717) is 11.7 Å². The van der Waals surface area contributed by atoms with Crippen molar-refractivity contribution in [3.63, 3.8) is 0 Å². The number of ether oxygens (including phenoxy) is 1. The first-order valence-corrected chi connectivity index (χ1v) is 6.86. The summed E-state index contributed by atoms with van der Waals surface area (Å²) in [6.07, 6.45) is 1.22. The highest BCUT2D eigenvalue weighted by molar-refractivity contribution is 5.61. The van der Waals surface area contributed by atoms with Gasteiger partial charge in [0, 0.05) is 17.8 Å². The van der Waals surface area contributed by atoms with Gasteiger partial charge in [0.15, 0.2) is 0 Å². The van der Waals surface area contributed by atoms with Crippen LogP contribution in [0.1, 0.15) is 27.2 Å². The topological polar surface area (TPSA) is 50.5 Å². The molecule has 1 aromatic rings. The zero-order chi connectivity index (χ0) is 14.4. The van der Waals surface area contributed by atoms with Crippen molar-refractivity contribution < 1.29 is 4.74 Å². The summed E-state index contributed by atoms with van der Waals surface area (Å²) in [6.45, 7) is 7.25. The van der Waals surface area contributed by atoms with E-state index in [0.717, 1.165) is 24.4 Å². The predicted octanol–water partition coefficient (Wildman–Crippen LogP) is 2.81. The molecule has 0 aliphatic rings. The summed E-state index contributed by atoms with van der Waals surface area (Å²) < 4.78 is 5.69. The maximum absolute atomic E-state index is 5.91. The molecule has 0 radical (unpaired) electrons. The molecule has 0 saturated heterocycles. The van der Waals surface area contributed by atoms with Crippen molar-refractivity contribution in [2.45, 2.75) is 39.3 Å². The lowest BCUT2D eigenvalue weighted by atomic mass is 10.2. The average molecular weight is 265 g/mol. The van der Waals surface area contributed by atoms with Gasteiger partial charge in [-0.1, -0.05) is 0 Å². The first-order chi connectivity index (χ1) is 8.88. The van der Waals surface area contributed by atoms with Crippen LogP contribution in [0.2, 0.25) is 0 Å². The van der Waals surface area contributed by atoms with Crippen molar-refractivity contribution in [1.82, 2.24) is 4.90 Å². The summed E-state index contributed by atoms with van der Waals surface area (Å²) in [5.74, 6) is 0.750. The number of anilines is 2. The zero-order valence-corrected chi connectivity index (χ0v) is 12.7. The number of nitrogens with two attached hydrogens (primary N) is 1. The molecule has 0 fully saturated rings. The molecule has 3 N–H and O–H groups in total. The second-order valence-corrected chi connectivity index (χ2v) is 5.56. The lowest BCUT2D eigenvalue weighted by molar-refractivity contribution is 0.244. The van der Waals surface area contributed by atoms with Gasteiger partial charge in [0.2, 0.25) is 0 Å². The maximum atomic E-state index is 5.91. The molecular formula is C15H27N3O. The van der Waals surface area contributed by atoms with Crippen LogP contribution in [0.25, 0.3) is 0 Å². The molecule has 0 heterocycles. The second-order valence-electron chi connectivity index (χ2n) is 5.56. The van der Waals surface area contributed by atoms with Gasteiger partial charge in [-0.2, -0.15) is 0 Å². The fraction of sp³-hybridized carbons (Fsp3) is 0.600. The van der Waals surface area contributed by atoms with Crippen molar-refractivity contribution in [1.29, 1.82) is 0 Å². The maximum Gasteiger partial charge on any atom is 0.144 e. The van der Waals surface area contributed by atoms with Crippen LogP contribution in [-0.2, 0) is 0 Å². The van der Waals surface area contributed by atoms with E-state index in [9.17, 15) is 0 Å². The Balaban J connectivity index is 2.63. The van der Waals surface area contributed by atoms with E-state index in [-0.39, 0.29) is 6.10 Å². The van der Waals surface area contributed by atoms with Crippen LogP contribution in [-0.4, -0.2) is 37.7 Å². The minimum absolute atomic E-state index is 0.128. The van der Waals surface area contributed by atoms with E-state index >= 15 is 0 Å². The molecule has 0 amide bonds. The van der Waals surface area contributed by atoms with Crippen molar-refractivity contribution >= 4 is 11.4 Å². The molecule has 0 aliphatic carbocycles. The van der Waals surface area contributed by atoms with E-state index < -0.39 is 0 Å². The SMILES string of the molecule is CC(CCN(C)C)Nc1ccc(N)c(OC(C)C)c1. The van der Waals surface area contributed by atoms with Gasteiger partial charge in [0.05, 0.1) is 11.8 Å². The smallest absolute Gasteiger partial charge is 0.144 e. The Morgan fingerprint density at radius 3 is 2.53 bits per heavy atom. The third-order valence-electron chi connectivity index (χ3n) is 2.80. The Kier molecular flexibility index (Phi) is 5.96. The van der Waals surface area contributed by atoms with Crippen molar-refractivity contribution in [3.05, 3.63) is 18.2 Å². The number of benzene rings is 1. The molecule has 1 rings (SSSR count). The molecule has 0 aromatic heterocycles. The van der Waals surface area contributed by atoms with Crippen LogP contribution in [0.5, 0.6) is 5.75 Å². The lowest BCUT2D eigenvalue weighted by Gasteiger charge is -2.19. The van der Waals surface area contributed by atoms with Crippen LogP contribution in [0.15, 0.2) is 18.2 Å². The number of hydrogen-bond donors (Lipinski definition) is 2. The summed E-state index contributed by atoms with van der Waals surface area (Å²) >= 11 is 0. The Bertz CT molecular complexity index is 391. The summed E-state index contributed by atoms with van der Waals surface area (Å²) in [4.78, 5) is 2.19. The first-order valence-electron chi connectivity index (χ1n) is 6.86. The predicted molar refractivity (Wildman–Crippen MR) is 82.9 cm³/mol. The van der Waals surface area contributed by atoms with E-state index in [4.69, 9.17) is 10.5 Å². The molecule has 0 aliphatic heterocycles. The Morgan fingerprint density at radius 1 is 1.26 bits per heavy atom. The number of hydrogen-bond acceptors (Lipinski definition) is 4. The molecule has 0 saturated carbocycles. The van der Waals surface area contributed by atoms with E-state index in [1.54, 1.807) is 0 Å². The molecular weight excluding hydrogens is 238 g/mol. The Hall–Kier alpha value is -1.42. The van der Waals surface area contributed by atoms with Crippen LogP contribution >= 0.6 is 0 Å². The van der Waals surface area contributed by atoms with Crippen molar-refractivity contribution in [2.24, 2.45) is 0 Å². The summed E-state index contributed by atoms with van der Waals surface area (Å²) in [5.41, 5.74) is 7.64. The van der Waals surface area contributed by atoms with Crippen LogP contribution in [0.3, 0.4) is 0 Å². The minimum Gasteiger partial charge on any atom is -0.489 e. The summed E-state index contributed by atoms with van der Waals surface area (Å²) in [7, 11) is 4.18. The Labute approximate surface area is 116 Å². The molecule has 4 nitrogen and oxygen atoms in total. The van der Waals surface area contributed by atoms with Gasteiger partial charge in [0.25, 0.3) is 0 Å². The highest BCUT2D eigenvalue weighted by Crippen LogP contribution is 2.27. The fourth-order valence-electron chi connectivity index (χ4n) is 1.79. The van der Waals surface area contributed by atoms with Gasteiger partial charge in [-0.05, 0) is 60.0 Å². The van der Waals surface area contributed by atoms with Gasteiger partial charge in [-0.15, -0.1) is 0 Å². The normalized spacial score (nSPS) is 12.8. The van der Waals surface area contributed by atoms with Gasteiger partial charge < -0.3 is 20.7 Å². The fourth-order valence-corrected chi connectivity index (χ4v) is 1.79. The third-order valence-corrected chi connectivity index (χ3v) is 2.80. The van der Waals surface area contributed by atoms with Crippen LogP contribution < -0.4 is 15.8 Å². The minimum atomic E-state index is 0.128. The van der Waals surface area contributed by atoms with Crippen LogP contribution in [0, 0.1) is 0 Å². The molecule has 1 atom stereocenters. The van der Waals surface area contributed by atoms with Gasteiger partial charge in [-0.25, -0.2) is 0 Å². The number of nitrogen functional groups attached to an aromatic ring is 1. The highest BCUT2D eigenvalue weighted by atomic mass is 16.5. The molecule has 4 heteroatoms. The van der Waals surface area contributed by atoms with Gasteiger partial charge in [0.1, 0.15) is 5.75 Å². The van der Waals surface area contributed by atoms with Crippen LogP contribution in [0.4, 0.5) is 11.4 Å². The summed E-state index contributed by atoms with van der Waals surface area (Å²) in [5, 5.41) is 3.48.